The summed E-state index contributed by atoms with van der Waals surface area (Å²) in [7, 11) is 0. The molecule has 0 atom stereocenters. The Balaban J connectivity index is 2.83. The maximum Gasteiger partial charge on any atom is 0.255 e. The fourth-order valence-corrected chi connectivity index (χ4v) is 1.35. The standard InChI is InChI=1S/C10H14F2N4O/c11-9(12)6-16(3-4-17)7-1-2-8(10(13)14)15-5-7/h1-2,5,9,17H,3-4,6H2,(H3,13,14). The van der Waals surface area contributed by atoms with Crippen LogP contribution in [0.15, 0.2) is 18.3 Å². The van der Waals surface area contributed by atoms with Gasteiger partial charge >= 0.3 is 0 Å². The summed E-state index contributed by atoms with van der Waals surface area (Å²) in [5.41, 5.74) is 5.98. The van der Waals surface area contributed by atoms with Gasteiger partial charge < -0.3 is 15.7 Å². The van der Waals surface area contributed by atoms with Crippen LogP contribution >= 0.6 is 0 Å². The Hall–Kier alpha value is -1.76. The molecule has 0 radical (unpaired) electrons. The molecular weight excluding hydrogens is 230 g/mol. The molecule has 94 valence electrons. The number of aliphatic hydroxyl groups excluding tert-OH is 1. The molecule has 1 rings (SSSR count). The van der Waals surface area contributed by atoms with Crippen LogP contribution < -0.4 is 10.6 Å². The van der Waals surface area contributed by atoms with Crippen LogP contribution in [0.5, 0.6) is 0 Å². The predicted octanol–water partition coefficient (Wildman–Crippen LogP) is 0.429. The number of aromatic nitrogens is 1. The van der Waals surface area contributed by atoms with Gasteiger partial charge in [-0.05, 0) is 12.1 Å². The van der Waals surface area contributed by atoms with Gasteiger partial charge in [-0.2, -0.15) is 0 Å². The second-order valence-corrected chi connectivity index (χ2v) is 3.38. The van der Waals surface area contributed by atoms with E-state index in [4.69, 9.17) is 16.2 Å². The lowest BCUT2D eigenvalue weighted by atomic mass is 10.3. The lowest BCUT2D eigenvalue weighted by Crippen LogP contribution is -2.31. The number of nitrogen functional groups attached to an aromatic ring is 1. The molecule has 17 heavy (non-hydrogen) atoms. The molecule has 4 N–H and O–H groups in total. The topological polar surface area (TPSA) is 86.2 Å². The van der Waals surface area contributed by atoms with Crippen molar-refractivity contribution in [1.29, 1.82) is 5.41 Å². The molecule has 0 aliphatic heterocycles. The van der Waals surface area contributed by atoms with E-state index >= 15 is 0 Å². The fourth-order valence-electron chi connectivity index (χ4n) is 1.35. The summed E-state index contributed by atoms with van der Waals surface area (Å²) >= 11 is 0. The van der Waals surface area contributed by atoms with Gasteiger partial charge in [0.1, 0.15) is 11.5 Å². The number of nitrogens with two attached hydrogens (primary N) is 1. The molecular formula is C10H14F2N4O. The second-order valence-electron chi connectivity index (χ2n) is 3.38. The molecule has 0 aliphatic rings. The van der Waals surface area contributed by atoms with Gasteiger partial charge in [0.05, 0.1) is 25.0 Å². The van der Waals surface area contributed by atoms with Gasteiger partial charge in [-0.3, -0.25) is 10.4 Å². The Morgan fingerprint density at radius 1 is 1.53 bits per heavy atom. The van der Waals surface area contributed by atoms with E-state index in [0.717, 1.165) is 0 Å². The first-order valence-corrected chi connectivity index (χ1v) is 4.99. The SMILES string of the molecule is N=C(N)c1ccc(N(CCO)CC(F)F)cn1. The number of pyridine rings is 1. The predicted molar refractivity (Wildman–Crippen MR) is 60.6 cm³/mol. The highest BCUT2D eigenvalue weighted by atomic mass is 19.3. The molecule has 0 amide bonds. The Morgan fingerprint density at radius 2 is 2.24 bits per heavy atom. The number of amidine groups is 1. The maximum absolute atomic E-state index is 12.3. The first kappa shape index (κ1) is 13.3. The van der Waals surface area contributed by atoms with E-state index in [1.54, 1.807) is 6.07 Å². The molecule has 0 saturated heterocycles. The van der Waals surface area contributed by atoms with Crippen LogP contribution in [0.4, 0.5) is 14.5 Å². The summed E-state index contributed by atoms with van der Waals surface area (Å²) < 4.78 is 24.6. The Bertz CT molecular complexity index is 369. The molecule has 0 unspecified atom stereocenters. The minimum absolute atomic E-state index is 0.103. The molecule has 0 saturated carbocycles. The van der Waals surface area contributed by atoms with Crippen LogP contribution in [0, 0.1) is 5.41 Å². The van der Waals surface area contributed by atoms with Gasteiger partial charge in [-0.15, -0.1) is 0 Å². The van der Waals surface area contributed by atoms with Crippen molar-refractivity contribution in [3.8, 4) is 0 Å². The van der Waals surface area contributed by atoms with E-state index in [2.05, 4.69) is 4.98 Å². The van der Waals surface area contributed by atoms with Crippen molar-refractivity contribution in [1.82, 2.24) is 4.98 Å². The van der Waals surface area contributed by atoms with E-state index in [0.29, 0.717) is 5.69 Å². The molecule has 5 nitrogen and oxygen atoms in total. The summed E-state index contributed by atoms with van der Waals surface area (Å²) in [6.45, 7) is -0.589. The molecule has 1 aromatic heterocycles. The van der Waals surface area contributed by atoms with E-state index in [1.165, 1.54) is 17.2 Å². The number of anilines is 1. The largest absolute Gasteiger partial charge is 0.395 e. The van der Waals surface area contributed by atoms with Gasteiger partial charge in [0.2, 0.25) is 0 Å². The first-order valence-electron chi connectivity index (χ1n) is 4.99. The zero-order valence-electron chi connectivity index (χ0n) is 9.11. The van der Waals surface area contributed by atoms with Crippen LogP contribution in [-0.2, 0) is 0 Å². The van der Waals surface area contributed by atoms with Gasteiger partial charge in [0.25, 0.3) is 6.43 Å². The molecule has 0 bridgehead atoms. The van der Waals surface area contributed by atoms with Crippen LogP contribution in [0.2, 0.25) is 0 Å². The minimum atomic E-state index is -2.49. The fraction of sp³-hybridized carbons (Fsp3) is 0.400. The summed E-state index contributed by atoms with van der Waals surface area (Å²) in [5, 5.41) is 15.9. The number of halogens is 2. The normalized spacial score (nSPS) is 10.6. The third-order valence-electron chi connectivity index (χ3n) is 2.12. The number of nitrogens with zero attached hydrogens (tertiary/aromatic N) is 2. The van der Waals surface area contributed by atoms with Gasteiger partial charge in [0, 0.05) is 6.54 Å². The van der Waals surface area contributed by atoms with Crippen LogP contribution in [0.1, 0.15) is 5.69 Å². The quantitative estimate of drug-likeness (QED) is 0.500. The number of aliphatic hydroxyl groups is 1. The highest BCUT2D eigenvalue weighted by Crippen LogP contribution is 2.14. The lowest BCUT2D eigenvalue weighted by molar-refractivity contribution is 0.153. The number of nitrogens with one attached hydrogen (secondary N) is 1. The third kappa shape index (κ3) is 3.95. The molecule has 0 spiro atoms. The molecule has 7 heteroatoms. The summed E-state index contributed by atoms with van der Waals surface area (Å²) in [4.78, 5) is 5.19. The number of hydrogen-bond donors (Lipinski definition) is 3. The first-order chi connectivity index (χ1) is 8.04. The summed E-state index contributed by atoms with van der Waals surface area (Å²) in [6.07, 6.45) is -1.14. The van der Waals surface area contributed by atoms with Gasteiger partial charge in [0.15, 0.2) is 0 Å². The molecule has 0 fully saturated rings. The van der Waals surface area contributed by atoms with Crippen LogP contribution in [-0.4, -0.2) is 42.0 Å². The number of alkyl halides is 2. The van der Waals surface area contributed by atoms with Crippen molar-refractivity contribution in [2.45, 2.75) is 6.43 Å². The zero-order chi connectivity index (χ0) is 12.8. The van der Waals surface area contributed by atoms with Crippen molar-refractivity contribution in [2.75, 3.05) is 24.6 Å². The summed E-state index contributed by atoms with van der Waals surface area (Å²) in [6, 6.07) is 3.02. The molecule has 1 heterocycles. The Morgan fingerprint density at radius 3 is 2.65 bits per heavy atom. The Kier molecular flexibility index (Phi) is 4.77. The number of hydrogen-bond acceptors (Lipinski definition) is 4. The molecule has 1 aromatic rings. The smallest absolute Gasteiger partial charge is 0.255 e. The maximum atomic E-state index is 12.3. The highest BCUT2D eigenvalue weighted by Gasteiger charge is 2.12. The molecule has 0 aromatic carbocycles. The van der Waals surface area contributed by atoms with E-state index < -0.39 is 13.0 Å². The molecule has 0 aliphatic carbocycles. The monoisotopic (exact) mass is 244 g/mol. The van der Waals surface area contributed by atoms with E-state index in [-0.39, 0.29) is 24.7 Å². The third-order valence-corrected chi connectivity index (χ3v) is 2.12. The van der Waals surface area contributed by atoms with Crippen molar-refractivity contribution in [3.05, 3.63) is 24.0 Å². The van der Waals surface area contributed by atoms with Crippen LogP contribution in [0.3, 0.4) is 0 Å². The number of rotatable bonds is 6. The second kappa shape index (κ2) is 6.09. The van der Waals surface area contributed by atoms with Crippen molar-refractivity contribution >= 4 is 11.5 Å². The van der Waals surface area contributed by atoms with E-state index in [1.807, 2.05) is 0 Å². The van der Waals surface area contributed by atoms with Crippen molar-refractivity contribution in [2.24, 2.45) is 5.73 Å². The minimum Gasteiger partial charge on any atom is -0.395 e. The van der Waals surface area contributed by atoms with Crippen molar-refractivity contribution in [3.63, 3.8) is 0 Å². The van der Waals surface area contributed by atoms with Gasteiger partial charge in [-0.1, -0.05) is 0 Å². The average molecular weight is 244 g/mol. The van der Waals surface area contributed by atoms with Gasteiger partial charge in [-0.25, -0.2) is 8.78 Å². The van der Waals surface area contributed by atoms with Crippen LogP contribution in [0.25, 0.3) is 0 Å². The zero-order valence-corrected chi connectivity index (χ0v) is 9.11. The van der Waals surface area contributed by atoms with E-state index in [9.17, 15) is 8.78 Å². The highest BCUT2D eigenvalue weighted by molar-refractivity contribution is 5.93. The van der Waals surface area contributed by atoms with Crippen molar-refractivity contribution < 1.29 is 13.9 Å². The average Bonchev–Trinajstić information content (AvgIpc) is 2.28. The summed E-state index contributed by atoms with van der Waals surface area (Å²) in [5.74, 6) is -0.181. The Labute approximate surface area is 97.4 Å². The lowest BCUT2D eigenvalue weighted by Gasteiger charge is -2.23.